The van der Waals surface area contributed by atoms with Crippen LogP contribution in [0.2, 0.25) is 0 Å². The minimum Gasteiger partial charge on any atom is -0.487 e. The largest absolute Gasteiger partial charge is 0.487 e. The van der Waals surface area contributed by atoms with Crippen molar-refractivity contribution in [1.82, 2.24) is 10.3 Å². The summed E-state index contributed by atoms with van der Waals surface area (Å²) in [5, 5.41) is 3.72. The molecule has 0 fully saturated rings. The molecule has 0 atom stereocenters. The number of hydrogen-bond acceptors (Lipinski definition) is 3. The number of hydrogen-bond donors (Lipinski definition) is 1. The zero-order valence-electron chi connectivity index (χ0n) is 9.99. The van der Waals surface area contributed by atoms with E-state index in [-0.39, 0.29) is 0 Å². The lowest BCUT2D eigenvalue weighted by Crippen LogP contribution is -2.10. The first-order valence-electron chi connectivity index (χ1n) is 5.65. The van der Waals surface area contributed by atoms with Gasteiger partial charge in [-0.15, -0.1) is 0 Å². The molecule has 0 aliphatic rings. The molecule has 0 aliphatic carbocycles. The highest BCUT2D eigenvalue weighted by Gasteiger charge is 2.09. The first-order valence-corrected chi connectivity index (χ1v) is 5.65. The number of nitrogens with one attached hydrogen (secondary N) is 1. The van der Waals surface area contributed by atoms with Gasteiger partial charge in [-0.05, 0) is 19.2 Å². The van der Waals surface area contributed by atoms with Crippen molar-refractivity contribution >= 4 is 10.9 Å². The molecular weight excluding hydrogens is 238 g/mol. The molecule has 0 amide bonds. The van der Waals surface area contributed by atoms with E-state index in [1.165, 1.54) is 0 Å². The fourth-order valence-corrected chi connectivity index (χ4v) is 1.74. The Balaban J connectivity index is 2.40. The molecule has 0 saturated carbocycles. The molecular formula is C13H14F2N2O. The summed E-state index contributed by atoms with van der Waals surface area (Å²) >= 11 is 0. The van der Waals surface area contributed by atoms with E-state index >= 15 is 0 Å². The predicted molar refractivity (Wildman–Crippen MR) is 66.0 cm³/mol. The monoisotopic (exact) mass is 252 g/mol. The predicted octanol–water partition coefficient (Wildman–Crippen LogP) is 2.60. The molecule has 0 spiro atoms. The third-order valence-corrected chi connectivity index (χ3v) is 2.45. The molecule has 2 aromatic rings. The highest BCUT2D eigenvalue weighted by molar-refractivity contribution is 5.85. The average molecular weight is 252 g/mol. The van der Waals surface area contributed by atoms with Gasteiger partial charge in [0.15, 0.2) is 0 Å². The Kier molecular flexibility index (Phi) is 4.04. The summed E-state index contributed by atoms with van der Waals surface area (Å²) in [7, 11) is 1.80. The molecule has 18 heavy (non-hydrogen) atoms. The van der Waals surface area contributed by atoms with E-state index in [4.69, 9.17) is 4.74 Å². The topological polar surface area (TPSA) is 34.1 Å². The van der Waals surface area contributed by atoms with Crippen molar-refractivity contribution in [2.75, 3.05) is 13.7 Å². The van der Waals surface area contributed by atoms with Crippen LogP contribution in [-0.4, -0.2) is 25.1 Å². The quantitative estimate of drug-likeness (QED) is 0.888. The van der Waals surface area contributed by atoms with Crippen LogP contribution in [-0.2, 0) is 6.54 Å². The van der Waals surface area contributed by atoms with Crippen LogP contribution in [0.4, 0.5) is 8.78 Å². The molecule has 96 valence electrons. The number of ether oxygens (including phenoxy) is 1. The molecule has 0 radical (unpaired) electrons. The average Bonchev–Trinajstić information content (AvgIpc) is 2.36. The molecule has 3 nitrogen and oxygen atoms in total. The minimum absolute atomic E-state index is 0.450. The highest BCUT2D eigenvalue weighted by Crippen LogP contribution is 2.25. The second-order valence-electron chi connectivity index (χ2n) is 3.86. The molecule has 1 aromatic heterocycles. The number of nitrogens with zero attached hydrogens (tertiary/aromatic N) is 1. The van der Waals surface area contributed by atoms with E-state index in [0.717, 1.165) is 16.6 Å². The normalized spacial score (nSPS) is 11.1. The molecule has 1 aromatic carbocycles. The molecule has 0 unspecified atom stereocenters. The molecule has 1 N–H and O–H groups in total. The van der Waals surface area contributed by atoms with E-state index in [9.17, 15) is 8.78 Å². The van der Waals surface area contributed by atoms with Crippen LogP contribution >= 0.6 is 0 Å². The summed E-state index contributed by atoms with van der Waals surface area (Å²) in [5.41, 5.74) is 1.51. The van der Waals surface area contributed by atoms with Gasteiger partial charge in [0, 0.05) is 18.0 Å². The standard InChI is InChI=1S/C13H14F2N2O/c1-16-7-9-6-12(18-8-13(14)15)10-4-2-3-5-11(10)17-9/h2-6,13,16H,7-8H2,1H3. The number of pyridine rings is 1. The van der Waals surface area contributed by atoms with Crippen molar-refractivity contribution in [1.29, 1.82) is 0 Å². The number of halogens is 2. The van der Waals surface area contributed by atoms with Crippen molar-refractivity contribution in [3.05, 3.63) is 36.0 Å². The number of benzene rings is 1. The van der Waals surface area contributed by atoms with Crippen LogP contribution in [0.5, 0.6) is 5.75 Å². The molecule has 1 heterocycles. The van der Waals surface area contributed by atoms with Crippen molar-refractivity contribution in [3.8, 4) is 5.75 Å². The minimum atomic E-state index is -2.48. The Labute approximate surface area is 104 Å². The summed E-state index contributed by atoms with van der Waals surface area (Å²) in [5.74, 6) is 0.450. The van der Waals surface area contributed by atoms with Gasteiger partial charge in [-0.3, -0.25) is 4.98 Å². The summed E-state index contributed by atoms with van der Waals surface area (Å²) in [6, 6.07) is 9.03. The van der Waals surface area contributed by atoms with Gasteiger partial charge in [-0.1, -0.05) is 12.1 Å². The van der Waals surface area contributed by atoms with E-state index in [1.54, 1.807) is 13.1 Å². The van der Waals surface area contributed by atoms with Crippen LogP contribution in [0.1, 0.15) is 5.69 Å². The number of fused-ring (bicyclic) bond motifs is 1. The van der Waals surface area contributed by atoms with E-state index in [0.29, 0.717) is 12.3 Å². The first-order chi connectivity index (χ1) is 8.70. The van der Waals surface area contributed by atoms with Gasteiger partial charge in [0.2, 0.25) is 0 Å². The van der Waals surface area contributed by atoms with Crippen molar-refractivity contribution in [2.24, 2.45) is 0 Å². The van der Waals surface area contributed by atoms with Gasteiger partial charge in [-0.2, -0.15) is 0 Å². The Hall–Kier alpha value is -1.75. The molecule has 0 saturated heterocycles. The fraction of sp³-hybridized carbons (Fsp3) is 0.308. The maximum Gasteiger partial charge on any atom is 0.272 e. The number of alkyl halides is 2. The Morgan fingerprint density at radius 3 is 2.83 bits per heavy atom. The van der Waals surface area contributed by atoms with E-state index in [1.807, 2.05) is 24.3 Å². The third kappa shape index (κ3) is 2.92. The summed E-state index contributed by atoms with van der Waals surface area (Å²) in [6.45, 7) is -0.0388. The van der Waals surface area contributed by atoms with Gasteiger partial charge in [-0.25, -0.2) is 8.78 Å². The Morgan fingerprint density at radius 2 is 2.11 bits per heavy atom. The molecule has 5 heteroatoms. The number of aromatic nitrogens is 1. The highest BCUT2D eigenvalue weighted by atomic mass is 19.3. The second kappa shape index (κ2) is 5.73. The van der Waals surface area contributed by atoms with Crippen molar-refractivity contribution < 1.29 is 13.5 Å². The Morgan fingerprint density at radius 1 is 1.33 bits per heavy atom. The summed E-state index contributed by atoms with van der Waals surface area (Å²) in [4.78, 5) is 4.42. The lowest BCUT2D eigenvalue weighted by atomic mass is 10.2. The van der Waals surface area contributed by atoms with Crippen LogP contribution in [0.15, 0.2) is 30.3 Å². The number of para-hydroxylation sites is 1. The lowest BCUT2D eigenvalue weighted by molar-refractivity contribution is 0.0826. The maximum atomic E-state index is 12.2. The van der Waals surface area contributed by atoms with Crippen LogP contribution in [0.25, 0.3) is 10.9 Å². The van der Waals surface area contributed by atoms with Crippen LogP contribution < -0.4 is 10.1 Å². The van der Waals surface area contributed by atoms with Crippen LogP contribution in [0, 0.1) is 0 Å². The number of rotatable bonds is 5. The zero-order chi connectivity index (χ0) is 13.0. The molecule has 0 aliphatic heterocycles. The van der Waals surface area contributed by atoms with Gasteiger partial charge < -0.3 is 10.1 Å². The fourth-order valence-electron chi connectivity index (χ4n) is 1.74. The maximum absolute atomic E-state index is 12.2. The molecule has 0 bridgehead atoms. The Bertz CT molecular complexity index is 531. The third-order valence-electron chi connectivity index (χ3n) is 2.45. The van der Waals surface area contributed by atoms with E-state index < -0.39 is 13.0 Å². The van der Waals surface area contributed by atoms with Gasteiger partial charge in [0.25, 0.3) is 6.43 Å². The summed E-state index contributed by atoms with van der Waals surface area (Å²) in [6.07, 6.45) is -2.48. The van der Waals surface area contributed by atoms with Crippen LogP contribution in [0.3, 0.4) is 0 Å². The van der Waals surface area contributed by atoms with Gasteiger partial charge in [0.1, 0.15) is 12.4 Å². The van der Waals surface area contributed by atoms with Crippen molar-refractivity contribution in [3.63, 3.8) is 0 Å². The molecule has 2 rings (SSSR count). The lowest BCUT2D eigenvalue weighted by Gasteiger charge is -2.10. The first kappa shape index (κ1) is 12.7. The van der Waals surface area contributed by atoms with Gasteiger partial charge in [0.05, 0.1) is 11.2 Å². The SMILES string of the molecule is CNCc1cc(OCC(F)F)c2ccccc2n1. The van der Waals surface area contributed by atoms with E-state index in [2.05, 4.69) is 10.3 Å². The second-order valence-corrected chi connectivity index (χ2v) is 3.86. The zero-order valence-corrected chi connectivity index (χ0v) is 9.99. The summed E-state index contributed by atoms with van der Waals surface area (Å²) < 4.78 is 29.6. The van der Waals surface area contributed by atoms with Gasteiger partial charge >= 0.3 is 0 Å². The smallest absolute Gasteiger partial charge is 0.272 e. The van der Waals surface area contributed by atoms with Crippen molar-refractivity contribution in [2.45, 2.75) is 13.0 Å².